The molecule has 0 aliphatic carbocycles. The van der Waals surface area contributed by atoms with E-state index >= 15 is 0 Å². The normalized spacial score (nSPS) is 26.4. The van der Waals surface area contributed by atoms with Gasteiger partial charge in [0.2, 0.25) is 0 Å². The van der Waals surface area contributed by atoms with Crippen LogP contribution in [0.3, 0.4) is 0 Å². The summed E-state index contributed by atoms with van der Waals surface area (Å²) < 4.78 is 2.50. The van der Waals surface area contributed by atoms with Crippen LogP contribution in [0.5, 0.6) is 0 Å². The van der Waals surface area contributed by atoms with Gasteiger partial charge in [0, 0.05) is 29.7 Å². The van der Waals surface area contributed by atoms with E-state index in [0.717, 1.165) is 6.54 Å². The Morgan fingerprint density at radius 1 is 1.21 bits per heavy atom. The van der Waals surface area contributed by atoms with Gasteiger partial charge >= 0.3 is 0 Å². The highest BCUT2D eigenvalue weighted by atomic mass is 15.2. The lowest BCUT2D eigenvalue weighted by atomic mass is 9.86. The molecule has 19 heavy (non-hydrogen) atoms. The zero-order valence-electron chi connectivity index (χ0n) is 11.9. The first-order chi connectivity index (χ1) is 9.15. The fourth-order valence-electron chi connectivity index (χ4n) is 3.90. The third-order valence-corrected chi connectivity index (χ3v) is 4.72. The molecule has 0 spiro atoms. The van der Waals surface area contributed by atoms with E-state index in [2.05, 4.69) is 60.7 Å². The Kier molecular flexibility index (Phi) is 2.22. The van der Waals surface area contributed by atoms with Crippen molar-refractivity contribution in [3.05, 3.63) is 41.6 Å². The topological polar surface area (TPSA) is 8.17 Å². The minimum Gasteiger partial charge on any atom is -0.342 e. The third-order valence-electron chi connectivity index (χ3n) is 4.72. The molecule has 0 saturated carbocycles. The molecule has 0 unspecified atom stereocenters. The number of para-hydroxylation sites is 1. The van der Waals surface area contributed by atoms with Gasteiger partial charge in [-0.1, -0.05) is 31.2 Å². The van der Waals surface area contributed by atoms with Crippen LogP contribution < -0.4 is 0 Å². The van der Waals surface area contributed by atoms with Gasteiger partial charge in [-0.05, 0) is 31.5 Å². The molecule has 0 radical (unpaired) electrons. The van der Waals surface area contributed by atoms with Crippen molar-refractivity contribution >= 4 is 16.5 Å². The van der Waals surface area contributed by atoms with Crippen molar-refractivity contribution in [2.75, 3.05) is 13.6 Å². The number of likely N-dealkylation sites (N-methyl/N-ethyl adjacent to an activating group) is 1. The SMILES string of the molecule is Cc1cc2cccc3c2n1C[C@H]1C3=C[C@H](C)CN1C. The summed E-state index contributed by atoms with van der Waals surface area (Å²) in [5.74, 6) is 0.647. The molecule has 0 amide bonds. The fourth-order valence-corrected chi connectivity index (χ4v) is 3.90. The monoisotopic (exact) mass is 252 g/mol. The summed E-state index contributed by atoms with van der Waals surface area (Å²) >= 11 is 0. The van der Waals surface area contributed by atoms with Crippen molar-refractivity contribution in [2.24, 2.45) is 5.92 Å². The number of aromatic nitrogens is 1. The Balaban J connectivity index is 2.04. The lowest BCUT2D eigenvalue weighted by Gasteiger charge is -2.40. The molecule has 2 nitrogen and oxygen atoms in total. The summed E-state index contributed by atoms with van der Waals surface area (Å²) in [4.78, 5) is 2.52. The van der Waals surface area contributed by atoms with Gasteiger partial charge in [-0.3, -0.25) is 4.90 Å². The summed E-state index contributed by atoms with van der Waals surface area (Å²) in [6, 6.07) is 9.59. The average molecular weight is 252 g/mol. The largest absolute Gasteiger partial charge is 0.342 e. The van der Waals surface area contributed by atoms with E-state index in [1.54, 1.807) is 0 Å². The quantitative estimate of drug-likeness (QED) is 0.698. The lowest BCUT2D eigenvalue weighted by molar-refractivity contribution is 0.233. The van der Waals surface area contributed by atoms with Crippen LogP contribution >= 0.6 is 0 Å². The van der Waals surface area contributed by atoms with Crippen molar-refractivity contribution in [3.8, 4) is 0 Å². The Labute approximate surface area is 114 Å². The van der Waals surface area contributed by atoms with Gasteiger partial charge in [0.15, 0.2) is 0 Å². The van der Waals surface area contributed by atoms with Gasteiger partial charge in [-0.15, -0.1) is 0 Å². The zero-order valence-corrected chi connectivity index (χ0v) is 11.9. The van der Waals surface area contributed by atoms with Crippen LogP contribution in [-0.4, -0.2) is 29.1 Å². The fraction of sp³-hybridized carbons (Fsp3) is 0.412. The van der Waals surface area contributed by atoms with Crippen LogP contribution in [0.15, 0.2) is 30.3 Å². The van der Waals surface area contributed by atoms with E-state index in [1.165, 1.54) is 34.3 Å². The number of aryl methyl sites for hydroxylation is 1. The van der Waals surface area contributed by atoms with Crippen LogP contribution in [0.25, 0.3) is 16.5 Å². The maximum Gasteiger partial charge on any atom is 0.0559 e. The van der Waals surface area contributed by atoms with Gasteiger partial charge in [-0.25, -0.2) is 0 Å². The van der Waals surface area contributed by atoms with Gasteiger partial charge in [-0.2, -0.15) is 0 Å². The second-order valence-corrected chi connectivity index (χ2v) is 6.19. The molecule has 2 aliphatic rings. The summed E-state index contributed by atoms with van der Waals surface area (Å²) in [7, 11) is 2.26. The zero-order chi connectivity index (χ0) is 13.1. The molecule has 98 valence electrons. The minimum atomic E-state index is 0.542. The van der Waals surface area contributed by atoms with Gasteiger partial charge < -0.3 is 4.57 Å². The number of hydrogen-bond donors (Lipinski definition) is 0. The van der Waals surface area contributed by atoms with Crippen LogP contribution in [0.4, 0.5) is 0 Å². The van der Waals surface area contributed by atoms with Crippen LogP contribution in [0.2, 0.25) is 0 Å². The summed E-state index contributed by atoms with van der Waals surface area (Å²) in [5.41, 5.74) is 5.80. The highest BCUT2D eigenvalue weighted by Crippen LogP contribution is 2.39. The lowest BCUT2D eigenvalue weighted by Crippen LogP contribution is -2.43. The predicted octanol–water partition coefficient (Wildman–Crippen LogP) is 3.30. The molecule has 1 aromatic carbocycles. The summed E-state index contributed by atoms with van der Waals surface area (Å²) in [6.07, 6.45) is 2.49. The molecular weight excluding hydrogens is 232 g/mol. The molecule has 2 aromatic rings. The number of benzene rings is 1. The smallest absolute Gasteiger partial charge is 0.0559 e. The van der Waals surface area contributed by atoms with E-state index in [-0.39, 0.29) is 0 Å². The number of rotatable bonds is 0. The first-order valence-corrected chi connectivity index (χ1v) is 7.16. The summed E-state index contributed by atoms with van der Waals surface area (Å²) in [6.45, 7) is 6.81. The highest BCUT2D eigenvalue weighted by molar-refractivity contribution is 5.95. The molecule has 0 saturated heterocycles. The Morgan fingerprint density at radius 2 is 2.05 bits per heavy atom. The minimum absolute atomic E-state index is 0.542. The van der Waals surface area contributed by atoms with Crippen LogP contribution in [-0.2, 0) is 6.54 Å². The predicted molar refractivity (Wildman–Crippen MR) is 80.2 cm³/mol. The Bertz CT molecular complexity index is 693. The van der Waals surface area contributed by atoms with Gasteiger partial charge in [0.05, 0.1) is 11.6 Å². The number of fused-ring (bicyclic) bond motifs is 2. The van der Waals surface area contributed by atoms with Gasteiger partial charge in [0.25, 0.3) is 0 Å². The van der Waals surface area contributed by atoms with Crippen LogP contribution in [0, 0.1) is 12.8 Å². The second-order valence-electron chi connectivity index (χ2n) is 6.19. The van der Waals surface area contributed by atoms with Crippen molar-refractivity contribution in [1.29, 1.82) is 0 Å². The molecule has 2 heteroatoms. The Hall–Kier alpha value is -1.54. The van der Waals surface area contributed by atoms with Crippen molar-refractivity contribution < 1.29 is 0 Å². The second kappa shape index (κ2) is 3.73. The van der Waals surface area contributed by atoms with E-state index in [9.17, 15) is 0 Å². The van der Waals surface area contributed by atoms with Crippen molar-refractivity contribution in [3.63, 3.8) is 0 Å². The molecule has 2 atom stereocenters. The molecule has 3 heterocycles. The maximum atomic E-state index is 2.52. The molecule has 1 aromatic heterocycles. The first kappa shape index (κ1) is 11.3. The van der Waals surface area contributed by atoms with E-state index < -0.39 is 0 Å². The van der Waals surface area contributed by atoms with Gasteiger partial charge in [0.1, 0.15) is 0 Å². The molecular formula is C17H20N2. The molecule has 0 fully saturated rings. The molecule has 4 rings (SSSR count). The van der Waals surface area contributed by atoms with Crippen LogP contribution in [0.1, 0.15) is 18.2 Å². The number of nitrogens with zero attached hydrogens (tertiary/aromatic N) is 2. The molecule has 2 aliphatic heterocycles. The number of hydrogen-bond acceptors (Lipinski definition) is 1. The third kappa shape index (κ3) is 1.47. The first-order valence-electron chi connectivity index (χ1n) is 7.16. The van der Waals surface area contributed by atoms with E-state index in [4.69, 9.17) is 0 Å². The Morgan fingerprint density at radius 3 is 2.89 bits per heavy atom. The highest BCUT2D eigenvalue weighted by Gasteiger charge is 2.32. The van der Waals surface area contributed by atoms with Crippen molar-refractivity contribution in [1.82, 2.24) is 9.47 Å². The van der Waals surface area contributed by atoms with E-state index in [1.807, 2.05) is 0 Å². The van der Waals surface area contributed by atoms with Crippen molar-refractivity contribution in [2.45, 2.75) is 26.4 Å². The summed E-state index contributed by atoms with van der Waals surface area (Å²) in [5, 5.41) is 1.38. The average Bonchev–Trinajstić information content (AvgIpc) is 2.69. The standard InChI is InChI=1S/C17H20N2/c1-11-7-15-14-6-4-5-13-8-12(2)19(17(13)14)10-16(15)18(3)9-11/h4-8,11,16H,9-10H2,1-3H3/t11-,16-/m0/s1. The maximum absolute atomic E-state index is 2.52. The van der Waals surface area contributed by atoms with E-state index in [0.29, 0.717) is 12.0 Å². The molecule has 0 N–H and O–H groups in total. The molecule has 0 bridgehead atoms.